The Morgan fingerprint density at radius 3 is 2.58 bits per heavy atom. The lowest BCUT2D eigenvalue weighted by Crippen LogP contribution is -2.25. The molecule has 3 aromatic carbocycles. The summed E-state index contributed by atoms with van der Waals surface area (Å²) < 4.78 is 22.0. The molecule has 4 rings (SSSR count). The van der Waals surface area contributed by atoms with Crippen LogP contribution < -0.4 is 15.4 Å². The number of benzene rings is 3. The lowest BCUT2D eigenvalue weighted by molar-refractivity contribution is 0.0952. The third-order valence-electron chi connectivity index (χ3n) is 4.70. The lowest BCUT2D eigenvalue weighted by atomic mass is 10.1. The lowest BCUT2D eigenvalue weighted by Gasteiger charge is -2.10. The Balaban J connectivity index is 1.38. The Morgan fingerprint density at radius 2 is 1.81 bits per heavy atom. The summed E-state index contributed by atoms with van der Waals surface area (Å²) in [6.45, 7) is 0.432. The van der Waals surface area contributed by atoms with Crippen molar-refractivity contribution in [3.8, 4) is 0 Å². The summed E-state index contributed by atoms with van der Waals surface area (Å²) in [4.78, 5) is 26.8. The minimum Gasteiger partial charge on any atom is -0.352 e. The van der Waals surface area contributed by atoms with E-state index in [2.05, 4.69) is 15.4 Å². The molecular formula is C22H19N3O4S2. The van der Waals surface area contributed by atoms with Crippen LogP contribution in [0.15, 0.2) is 76.5 Å². The Labute approximate surface area is 186 Å². The van der Waals surface area contributed by atoms with E-state index < -0.39 is 11.3 Å². The number of fused-ring (bicyclic) bond motifs is 2. The number of anilines is 2. The monoisotopic (exact) mass is 453 g/mol. The molecule has 0 aromatic heterocycles. The largest absolute Gasteiger partial charge is 0.352 e. The minimum atomic E-state index is -2.11. The average molecular weight is 454 g/mol. The molecule has 0 radical (unpaired) electrons. The molecule has 0 fully saturated rings. The highest BCUT2D eigenvalue weighted by Crippen LogP contribution is 2.38. The van der Waals surface area contributed by atoms with Gasteiger partial charge in [0.2, 0.25) is 0 Å². The van der Waals surface area contributed by atoms with Gasteiger partial charge in [-0.25, -0.2) is 4.21 Å². The van der Waals surface area contributed by atoms with Crippen LogP contribution in [0.2, 0.25) is 0 Å². The van der Waals surface area contributed by atoms with Crippen LogP contribution in [0.5, 0.6) is 0 Å². The fourth-order valence-electron chi connectivity index (χ4n) is 3.17. The Kier molecular flexibility index (Phi) is 6.36. The van der Waals surface area contributed by atoms with Crippen molar-refractivity contribution in [2.45, 2.75) is 16.2 Å². The highest BCUT2D eigenvalue weighted by Gasteiger charge is 2.20. The highest BCUT2D eigenvalue weighted by molar-refractivity contribution is 7.99. The molecule has 0 bridgehead atoms. The van der Waals surface area contributed by atoms with E-state index in [0.29, 0.717) is 35.5 Å². The molecule has 158 valence electrons. The van der Waals surface area contributed by atoms with Crippen LogP contribution in [0, 0.1) is 0 Å². The van der Waals surface area contributed by atoms with E-state index in [-0.39, 0.29) is 11.8 Å². The number of hydrogen-bond acceptors (Lipinski definition) is 4. The second kappa shape index (κ2) is 9.34. The van der Waals surface area contributed by atoms with Crippen LogP contribution >= 0.6 is 11.8 Å². The molecule has 4 N–H and O–H groups in total. The molecule has 1 aliphatic rings. The van der Waals surface area contributed by atoms with Gasteiger partial charge in [-0.3, -0.25) is 18.9 Å². The Hall–Kier alpha value is -3.14. The molecular weight excluding hydrogens is 434 g/mol. The van der Waals surface area contributed by atoms with E-state index in [1.54, 1.807) is 30.3 Å². The zero-order valence-electron chi connectivity index (χ0n) is 16.3. The Bertz CT molecular complexity index is 1170. The normalized spacial score (nSPS) is 13.3. The van der Waals surface area contributed by atoms with E-state index >= 15 is 0 Å². The summed E-state index contributed by atoms with van der Waals surface area (Å²) >= 11 is -0.614. The van der Waals surface area contributed by atoms with Gasteiger partial charge in [0.05, 0.1) is 11.3 Å². The van der Waals surface area contributed by atoms with Gasteiger partial charge in [-0.15, -0.1) is 0 Å². The first kappa shape index (κ1) is 21.1. The van der Waals surface area contributed by atoms with E-state index in [4.69, 9.17) is 4.55 Å². The average Bonchev–Trinajstić information content (AvgIpc) is 2.89. The van der Waals surface area contributed by atoms with Crippen molar-refractivity contribution in [2.24, 2.45) is 0 Å². The molecule has 1 aliphatic heterocycles. The van der Waals surface area contributed by atoms with E-state index in [1.807, 2.05) is 36.4 Å². The summed E-state index contributed by atoms with van der Waals surface area (Å²) in [5.41, 5.74) is 3.22. The molecule has 0 saturated carbocycles. The first-order valence-electron chi connectivity index (χ1n) is 9.46. The third-order valence-corrected chi connectivity index (χ3v) is 6.26. The van der Waals surface area contributed by atoms with Crippen molar-refractivity contribution < 1.29 is 18.4 Å². The van der Waals surface area contributed by atoms with Gasteiger partial charge in [0.1, 0.15) is 0 Å². The van der Waals surface area contributed by atoms with Gasteiger partial charge in [0.15, 0.2) is 0 Å². The first-order chi connectivity index (χ1) is 15.0. The number of carbonyl (C=O) groups excluding carboxylic acids is 2. The quantitative estimate of drug-likeness (QED) is 0.423. The number of nitrogens with one attached hydrogen (secondary N) is 3. The van der Waals surface area contributed by atoms with Crippen molar-refractivity contribution in [1.29, 1.82) is 0 Å². The zero-order valence-corrected chi connectivity index (χ0v) is 17.9. The van der Waals surface area contributed by atoms with Crippen molar-refractivity contribution in [3.63, 3.8) is 0 Å². The van der Waals surface area contributed by atoms with E-state index in [1.165, 1.54) is 11.8 Å². The predicted molar refractivity (Wildman–Crippen MR) is 122 cm³/mol. The second-order valence-electron chi connectivity index (χ2n) is 6.82. The zero-order chi connectivity index (χ0) is 21.8. The van der Waals surface area contributed by atoms with Gasteiger partial charge >= 0.3 is 0 Å². The summed E-state index contributed by atoms with van der Waals surface area (Å²) in [6.07, 6.45) is 0.612. The molecule has 1 heterocycles. The molecule has 2 amide bonds. The van der Waals surface area contributed by atoms with Gasteiger partial charge in [0, 0.05) is 27.6 Å². The summed E-state index contributed by atoms with van der Waals surface area (Å²) in [7, 11) is 0. The van der Waals surface area contributed by atoms with Crippen LogP contribution in [-0.2, 0) is 17.7 Å². The maximum atomic E-state index is 12.6. The fraction of sp³-hybridized carbons (Fsp3) is 0.0909. The second-order valence-corrected chi connectivity index (χ2v) is 8.60. The van der Waals surface area contributed by atoms with Gasteiger partial charge in [0.25, 0.3) is 23.1 Å². The first-order valence-corrected chi connectivity index (χ1v) is 11.4. The topological polar surface area (TPSA) is 108 Å². The number of hydrogen-bond donors (Lipinski definition) is 4. The van der Waals surface area contributed by atoms with Crippen LogP contribution in [0.1, 0.15) is 26.3 Å². The van der Waals surface area contributed by atoms with E-state index in [9.17, 15) is 13.8 Å². The molecule has 7 nitrogen and oxygen atoms in total. The standard InChI is InChI=1S/C22H19N3O4S2/c26-21(23-12-11-14-5-8-16(9-6-14)25-31(28)29)15-7-10-20-18(13-15)24-22(27)17-3-1-2-4-19(17)30-20/h1-10,13,25H,11-12H2,(H,23,26)(H,24,27)(H,28,29). The van der Waals surface area contributed by atoms with Gasteiger partial charge in [-0.1, -0.05) is 36.0 Å². The molecule has 0 spiro atoms. The van der Waals surface area contributed by atoms with E-state index in [0.717, 1.165) is 15.4 Å². The van der Waals surface area contributed by atoms with Gasteiger partial charge < -0.3 is 10.6 Å². The van der Waals surface area contributed by atoms with Crippen molar-refractivity contribution in [2.75, 3.05) is 16.6 Å². The van der Waals surface area contributed by atoms with Crippen LogP contribution in [-0.4, -0.2) is 27.1 Å². The van der Waals surface area contributed by atoms with Crippen LogP contribution in [0.3, 0.4) is 0 Å². The maximum Gasteiger partial charge on any atom is 0.259 e. The third kappa shape index (κ3) is 5.13. The van der Waals surface area contributed by atoms with Crippen LogP contribution in [0.4, 0.5) is 11.4 Å². The molecule has 3 aromatic rings. The predicted octanol–water partition coefficient (Wildman–Crippen LogP) is 3.92. The molecule has 0 aliphatic carbocycles. The molecule has 9 heteroatoms. The highest BCUT2D eigenvalue weighted by atomic mass is 32.2. The fourth-order valence-corrected chi connectivity index (χ4v) is 4.52. The minimum absolute atomic E-state index is 0.192. The van der Waals surface area contributed by atoms with Crippen molar-refractivity contribution in [1.82, 2.24) is 5.32 Å². The van der Waals surface area contributed by atoms with Gasteiger partial charge in [-0.05, 0) is 54.4 Å². The number of carbonyl (C=O) groups is 2. The van der Waals surface area contributed by atoms with Crippen LogP contribution in [0.25, 0.3) is 0 Å². The maximum absolute atomic E-state index is 12.6. The molecule has 1 atom stereocenters. The molecule has 31 heavy (non-hydrogen) atoms. The van der Waals surface area contributed by atoms with Gasteiger partial charge in [-0.2, -0.15) is 0 Å². The Morgan fingerprint density at radius 1 is 1.03 bits per heavy atom. The summed E-state index contributed by atoms with van der Waals surface area (Å²) in [5, 5.41) is 5.77. The summed E-state index contributed by atoms with van der Waals surface area (Å²) in [5.74, 6) is -0.417. The number of rotatable bonds is 6. The smallest absolute Gasteiger partial charge is 0.259 e. The van der Waals surface area contributed by atoms with Crippen molar-refractivity contribution in [3.05, 3.63) is 83.4 Å². The molecule has 0 saturated heterocycles. The molecule has 1 unspecified atom stereocenters. The summed E-state index contributed by atoms with van der Waals surface area (Å²) in [6, 6.07) is 19.7. The SMILES string of the molecule is O=C(NCCc1ccc(NS(=O)O)cc1)c1ccc2c(c1)NC(=O)c1ccccc1S2. The number of amides is 2. The van der Waals surface area contributed by atoms with Crippen molar-refractivity contribution >= 4 is 46.2 Å².